The van der Waals surface area contributed by atoms with Crippen molar-refractivity contribution in [2.75, 3.05) is 11.1 Å². The van der Waals surface area contributed by atoms with E-state index >= 15 is 0 Å². The fourth-order valence-corrected chi connectivity index (χ4v) is 5.55. The zero-order chi connectivity index (χ0) is 26.5. The number of nitrogens with two attached hydrogens (primary N) is 1. The molecule has 4 rings (SSSR count). The van der Waals surface area contributed by atoms with Gasteiger partial charge in [0.1, 0.15) is 4.33 Å². The second-order valence-electron chi connectivity index (χ2n) is 8.18. The predicted octanol–water partition coefficient (Wildman–Crippen LogP) is 8.11. The largest absolute Gasteiger partial charge is 0.398 e. The first-order valence-electron chi connectivity index (χ1n) is 10.2. The highest BCUT2D eigenvalue weighted by Crippen LogP contribution is 2.65. The van der Waals surface area contributed by atoms with Crippen LogP contribution >= 0.6 is 69.6 Å². The average Bonchev–Trinajstić information content (AvgIpc) is 3.38. The normalized spacial score (nSPS) is 18.1. The van der Waals surface area contributed by atoms with Gasteiger partial charge >= 0.3 is 0 Å². The smallest absolute Gasteiger partial charge is 0.231 e. The molecular weight excluding hydrogens is 599 g/mol. The van der Waals surface area contributed by atoms with Gasteiger partial charge in [-0.1, -0.05) is 46.4 Å². The Hall–Kier alpha value is -1.80. The Kier molecular flexibility index (Phi) is 7.69. The summed E-state index contributed by atoms with van der Waals surface area (Å²) in [6, 6.07) is 8.99. The van der Waals surface area contributed by atoms with Crippen LogP contribution in [0.3, 0.4) is 0 Å². The number of benzene rings is 3. The standard InChI is InChI=1S/C24H14Cl6F2N2O2/c25-13-2-1-11(7-12(13)19(35)6-9-5-16(31)17(32)8-18(9)33)34-23(36)21-20(24(21,29)30)10-3-14(26)22(28)15(27)4-10/h1-5,7-8,20-21H,6,33H2,(H,34,36)/t20-,21+/m0/s1. The van der Waals surface area contributed by atoms with Gasteiger partial charge in [-0.2, -0.15) is 0 Å². The molecule has 1 saturated carbocycles. The molecule has 12 heteroatoms. The number of carbonyl (C=O) groups is 2. The third kappa shape index (κ3) is 5.26. The minimum atomic E-state index is -1.43. The van der Waals surface area contributed by atoms with Crippen molar-refractivity contribution in [3.8, 4) is 0 Å². The van der Waals surface area contributed by atoms with Gasteiger partial charge in [0.05, 0.1) is 26.0 Å². The Labute approximate surface area is 234 Å². The lowest BCUT2D eigenvalue weighted by atomic mass is 10.0. The quantitative estimate of drug-likeness (QED) is 0.128. The number of hydrogen-bond acceptors (Lipinski definition) is 3. The summed E-state index contributed by atoms with van der Waals surface area (Å²) >= 11 is 37.1. The van der Waals surface area contributed by atoms with E-state index in [4.69, 9.17) is 75.3 Å². The number of nitrogens with one attached hydrogen (secondary N) is 1. The fraction of sp³-hybridized carbons (Fsp3) is 0.167. The van der Waals surface area contributed by atoms with Crippen LogP contribution in [0.5, 0.6) is 0 Å². The minimum absolute atomic E-state index is 0.0465. The van der Waals surface area contributed by atoms with Crippen LogP contribution in [0.15, 0.2) is 42.5 Å². The van der Waals surface area contributed by atoms with Crippen LogP contribution in [0.4, 0.5) is 20.2 Å². The van der Waals surface area contributed by atoms with Gasteiger partial charge in [-0.25, -0.2) is 8.78 Å². The molecule has 3 aromatic carbocycles. The van der Waals surface area contributed by atoms with E-state index in [2.05, 4.69) is 5.32 Å². The summed E-state index contributed by atoms with van der Waals surface area (Å²) in [6.07, 6.45) is -0.338. The monoisotopic (exact) mass is 610 g/mol. The Balaban J connectivity index is 1.53. The average molecular weight is 613 g/mol. The maximum absolute atomic E-state index is 13.6. The lowest BCUT2D eigenvalue weighted by Crippen LogP contribution is -2.17. The first-order chi connectivity index (χ1) is 16.8. The van der Waals surface area contributed by atoms with Crippen molar-refractivity contribution in [3.63, 3.8) is 0 Å². The van der Waals surface area contributed by atoms with Crippen LogP contribution in [-0.2, 0) is 11.2 Å². The maximum atomic E-state index is 13.6. The van der Waals surface area contributed by atoms with Crippen LogP contribution in [0.25, 0.3) is 0 Å². The molecule has 0 spiro atoms. The summed E-state index contributed by atoms with van der Waals surface area (Å²) in [5.74, 6) is -4.76. The molecule has 2 atom stereocenters. The molecular formula is C24H14Cl6F2N2O2. The van der Waals surface area contributed by atoms with Crippen LogP contribution in [-0.4, -0.2) is 16.0 Å². The number of hydrogen-bond donors (Lipinski definition) is 2. The number of halogens is 8. The van der Waals surface area contributed by atoms with Gasteiger partial charge in [0.25, 0.3) is 0 Å². The molecule has 0 radical (unpaired) electrons. The Bertz CT molecular complexity index is 1390. The van der Waals surface area contributed by atoms with E-state index in [1.165, 1.54) is 30.3 Å². The number of rotatable bonds is 6. The maximum Gasteiger partial charge on any atom is 0.231 e. The van der Waals surface area contributed by atoms with E-state index in [1.54, 1.807) is 0 Å². The molecule has 0 bridgehead atoms. The molecule has 1 fully saturated rings. The summed E-state index contributed by atoms with van der Waals surface area (Å²) in [6.45, 7) is 0. The lowest BCUT2D eigenvalue weighted by Gasteiger charge is -2.10. The minimum Gasteiger partial charge on any atom is -0.398 e. The topological polar surface area (TPSA) is 72.2 Å². The van der Waals surface area contributed by atoms with Crippen molar-refractivity contribution in [2.24, 2.45) is 5.92 Å². The van der Waals surface area contributed by atoms with E-state index < -0.39 is 39.5 Å². The summed E-state index contributed by atoms with van der Waals surface area (Å²) < 4.78 is 25.5. The van der Waals surface area contributed by atoms with Crippen molar-refractivity contribution in [1.82, 2.24) is 0 Å². The zero-order valence-corrected chi connectivity index (χ0v) is 22.4. The van der Waals surface area contributed by atoms with Gasteiger partial charge in [-0.05, 0) is 47.5 Å². The first-order valence-corrected chi connectivity index (χ1v) is 12.5. The molecule has 36 heavy (non-hydrogen) atoms. The highest BCUT2D eigenvalue weighted by Gasteiger charge is 2.67. The van der Waals surface area contributed by atoms with Crippen LogP contribution < -0.4 is 11.1 Å². The van der Waals surface area contributed by atoms with Crippen LogP contribution in [0, 0.1) is 17.6 Å². The number of Topliss-reactive ketones (excluding diaryl/α,β-unsaturated/α-hetero) is 1. The van der Waals surface area contributed by atoms with Gasteiger partial charge in [-0.3, -0.25) is 9.59 Å². The molecule has 1 aliphatic rings. The van der Waals surface area contributed by atoms with E-state index in [0.717, 1.165) is 12.1 Å². The number of amides is 1. The number of nitrogen functional groups attached to an aromatic ring is 1. The van der Waals surface area contributed by atoms with Crippen molar-refractivity contribution >= 4 is 92.7 Å². The Morgan fingerprint density at radius 3 is 2.17 bits per heavy atom. The number of alkyl halides is 2. The Morgan fingerprint density at radius 1 is 0.917 bits per heavy atom. The van der Waals surface area contributed by atoms with Crippen LogP contribution in [0.2, 0.25) is 20.1 Å². The molecule has 0 aliphatic heterocycles. The van der Waals surface area contributed by atoms with Gasteiger partial charge < -0.3 is 11.1 Å². The number of anilines is 2. The molecule has 0 aromatic heterocycles. The van der Waals surface area contributed by atoms with Gasteiger partial charge in [0, 0.05) is 35.3 Å². The Morgan fingerprint density at radius 2 is 1.53 bits per heavy atom. The van der Waals surface area contributed by atoms with E-state index in [1.807, 2.05) is 0 Å². The zero-order valence-electron chi connectivity index (χ0n) is 17.8. The molecule has 1 aliphatic carbocycles. The highest BCUT2D eigenvalue weighted by molar-refractivity contribution is 6.54. The van der Waals surface area contributed by atoms with Crippen molar-refractivity contribution in [3.05, 3.63) is 90.9 Å². The summed E-state index contributed by atoms with van der Waals surface area (Å²) in [7, 11) is 0. The van der Waals surface area contributed by atoms with Crippen molar-refractivity contribution in [1.29, 1.82) is 0 Å². The SMILES string of the molecule is Nc1cc(F)c(F)cc1CC(=O)c1cc(NC(=O)[C@H]2[C@H](c3cc(Cl)c(Cl)c(Cl)c3)C2(Cl)Cl)ccc1Cl. The van der Waals surface area contributed by atoms with E-state index in [9.17, 15) is 18.4 Å². The third-order valence-corrected chi connectivity index (χ3v) is 8.24. The van der Waals surface area contributed by atoms with E-state index in [0.29, 0.717) is 5.56 Å². The molecule has 0 saturated heterocycles. The molecule has 1 amide bonds. The highest BCUT2D eigenvalue weighted by atomic mass is 35.5. The molecule has 188 valence electrons. The summed E-state index contributed by atoms with van der Waals surface area (Å²) in [4.78, 5) is 25.9. The fourth-order valence-electron chi connectivity index (χ4n) is 3.88. The van der Waals surface area contributed by atoms with Gasteiger partial charge in [-0.15, -0.1) is 23.2 Å². The third-order valence-electron chi connectivity index (χ3n) is 5.77. The molecule has 0 unspecified atom stereocenters. The molecule has 4 nitrogen and oxygen atoms in total. The summed E-state index contributed by atoms with van der Waals surface area (Å²) in [5, 5.41) is 3.32. The van der Waals surface area contributed by atoms with E-state index in [-0.39, 0.29) is 49.0 Å². The summed E-state index contributed by atoms with van der Waals surface area (Å²) in [5.41, 5.74) is 6.55. The number of carbonyl (C=O) groups excluding carboxylic acids is 2. The van der Waals surface area contributed by atoms with Crippen molar-refractivity contribution in [2.45, 2.75) is 16.7 Å². The van der Waals surface area contributed by atoms with Crippen LogP contribution in [0.1, 0.15) is 27.4 Å². The molecule has 0 heterocycles. The van der Waals surface area contributed by atoms with Gasteiger partial charge in [0.2, 0.25) is 5.91 Å². The first kappa shape index (κ1) is 27.2. The van der Waals surface area contributed by atoms with Gasteiger partial charge in [0.15, 0.2) is 17.4 Å². The predicted molar refractivity (Wildman–Crippen MR) is 141 cm³/mol. The number of ketones is 1. The second kappa shape index (κ2) is 10.2. The lowest BCUT2D eigenvalue weighted by molar-refractivity contribution is -0.117. The second-order valence-corrected chi connectivity index (χ2v) is 11.2. The molecule has 3 aromatic rings. The van der Waals surface area contributed by atoms with Crippen molar-refractivity contribution < 1.29 is 18.4 Å². The molecule has 3 N–H and O–H groups in total.